The molecular weight excluding hydrogens is 152 g/mol. The van der Waals surface area contributed by atoms with E-state index in [9.17, 15) is 9.59 Å². The average molecular weight is 169 g/mol. The van der Waals surface area contributed by atoms with Gasteiger partial charge in [0.15, 0.2) is 0 Å². The minimum atomic E-state index is -0.871. The lowest BCUT2D eigenvalue weighted by atomic mass is 9.81. The van der Waals surface area contributed by atoms with Crippen molar-refractivity contribution in [2.75, 3.05) is 0 Å². The van der Waals surface area contributed by atoms with Crippen LogP contribution in [0.15, 0.2) is 0 Å². The fourth-order valence-electron chi connectivity index (χ4n) is 0.922. The number of rotatable bonds is 5. The van der Waals surface area contributed by atoms with E-state index in [0.717, 1.165) is 0 Å². The third-order valence-corrected chi connectivity index (χ3v) is 2.14. The fourth-order valence-corrected chi connectivity index (χ4v) is 0.922. The summed E-state index contributed by atoms with van der Waals surface area (Å²) >= 11 is 0. The Hall–Kier alpha value is -0.660. The first-order valence-corrected chi connectivity index (χ1v) is 4.39. The van der Waals surface area contributed by atoms with Crippen LogP contribution < -0.4 is 0 Å². The first-order valence-electron chi connectivity index (χ1n) is 4.39. The second kappa shape index (κ2) is 4.39. The molecule has 0 amide bonds. The largest absolute Gasteiger partial charge is 0.299 e. The molecule has 12 heavy (non-hydrogen) atoms. The van der Waals surface area contributed by atoms with Gasteiger partial charge >= 0.3 is 0 Å². The standard InChI is InChI=1S/C10H17O2/c1-5-10(4,7-11)9(12)6-8(2)3/h8H,5-6H2,1-4H3. The van der Waals surface area contributed by atoms with E-state index in [1.807, 2.05) is 27.1 Å². The van der Waals surface area contributed by atoms with Gasteiger partial charge in [0.1, 0.15) is 5.78 Å². The van der Waals surface area contributed by atoms with Gasteiger partial charge in [-0.15, -0.1) is 0 Å². The molecule has 0 heterocycles. The smallest absolute Gasteiger partial charge is 0.212 e. The second-order valence-electron chi connectivity index (χ2n) is 3.81. The molecule has 0 rings (SSSR count). The molecule has 0 aromatic carbocycles. The Morgan fingerprint density at radius 1 is 1.50 bits per heavy atom. The van der Waals surface area contributed by atoms with E-state index in [0.29, 0.717) is 18.8 Å². The van der Waals surface area contributed by atoms with Crippen LogP contribution in [0.5, 0.6) is 0 Å². The SMILES string of the molecule is CCC(C)([C]=O)C(=O)CC(C)C. The maximum Gasteiger partial charge on any atom is 0.212 e. The van der Waals surface area contributed by atoms with Crippen LogP contribution in [0.2, 0.25) is 0 Å². The summed E-state index contributed by atoms with van der Waals surface area (Å²) in [4.78, 5) is 22.0. The topological polar surface area (TPSA) is 34.1 Å². The molecule has 0 N–H and O–H groups in total. The molecule has 0 bridgehead atoms. The van der Waals surface area contributed by atoms with Gasteiger partial charge in [-0.2, -0.15) is 0 Å². The molecule has 0 aromatic rings. The van der Waals surface area contributed by atoms with Crippen LogP contribution >= 0.6 is 0 Å². The van der Waals surface area contributed by atoms with Gasteiger partial charge in [0, 0.05) is 6.42 Å². The molecule has 1 unspecified atom stereocenters. The number of hydrogen-bond acceptors (Lipinski definition) is 2. The monoisotopic (exact) mass is 169 g/mol. The van der Waals surface area contributed by atoms with Gasteiger partial charge in [-0.05, 0) is 19.3 Å². The van der Waals surface area contributed by atoms with E-state index < -0.39 is 5.41 Å². The minimum Gasteiger partial charge on any atom is -0.299 e. The quantitative estimate of drug-likeness (QED) is 0.591. The Morgan fingerprint density at radius 3 is 2.25 bits per heavy atom. The second-order valence-corrected chi connectivity index (χ2v) is 3.81. The van der Waals surface area contributed by atoms with Crippen molar-refractivity contribution in [2.45, 2.75) is 40.5 Å². The van der Waals surface area contributed by atoms with Crippen LogP contribution in [0.4, 0.5) is 0 Å². The molecule has 0 saturated carbocycles. The Kier molecular flexibility index (Phi) is 4.15. The molecule has 1 radical (unpaired) electrons. The van der Waals surface area contributed by atoms with Crippen LogP contribution in [-0.4, -0.2) is 12.1 Å². The molecule has 0 aliphatic heterocycles. The van der Waals surface area contributed by atoms with Crippen LogP contribution in [0.25, 0.3) is 0 Å². The van der Waals surface area contributed by atoms with E-state index in [4.69, 9.17) is 0 Å². The number of ketones is 1. The summed E-state index contributed by atoms with van der Waals surface area (Å²) in [6.07, 6.45) is 2.85. The number of hydrogen-bond donors (Lipinski definition) is 0. The highest BCUT2D eigenvalue weighted by atomic mass is 16.1. The third kappa shape index (κ3) is 2.76. The average Bonchev–Trinajstić information content (AvgIpc) is 2.02. The summed E-state index contributed by atoms with van der Waals surface area (Å²) in [5.41, 5.74) is -0.871. The van der Waals surface area contributed by atoms with Gasteiger partial charge in [0.05, 0.1) is 5.41 Å². The van der Waals surface area contributed by atoms with Crippen molar-refractivity contribution in [3.8, 4) is 0 Å². The molecule has 0 aromatic heterocycles. The Labute approximate surface area is 74.3 Å². The van der Waals surface area contributed by atoms with Crippen molar-refractivity contribution >= 4 is 12.1 Å². The highest BCUT2D eigenvalue weighted by Gasteiger charge is 2.31. The van der Waals surface area contributed by atoms with Gasteiger partial charge < -0.3 is 0 Å². The summed E-state index contributed by atoms with van der Waals surface area (Å²) in [5, 5.41) is 0. The number of carbonyl (C=O) groups is 1. The minimum absolute atomic E-state index is 0.00926. The van der Waals surface area contributed by atoms with Crippen molar-refractivity contribution in [3.63, 3.8) is 0 Å². The zero-order valence-corrected chi connectivity index (χ0v) is 8.31. The van der Waals surface area contributed by atoms with Crippen LogP contribution in [0, 0.1) is 11.3 Å². The first-order chi connectivity index (χ1) is 5.46. The van der Waals surface area contributed by atoms with Crippen molar-refractivity contribution < 1.29 is 9.59 Å². The highest BCUT2D eigenvalue weighted by molar-refractivity contribution is 5.97. The number of Topliss-reactive ketones (excluding diaryl/α,β-unsaturated/α-hetero) is 1. The summed E-state index contributed by atoms with van der Waals surface area (Å²) in [6.45, 7) is 7.44. The Bertz CT molecular complexity index is 173. The van der Waals surface area contributed by atoms with E-state index in [1.165, 1.54) is 0 Å². The molecule has 0 aliphatic carbocycles. The van der Waals surface area contributed by atoms with Gasteiger partial charge in [0.2, 0.25) is 6.29 Å². The van der Waals surface area contributed by atoms with Crippen molar-refractivity contribution in [1.29, 1.82) is 0 Å². The van der Waals surface area contributed by atoms with Crippen LogP contribution in [-0.2, 0) is 9.59 Å². The van der Waals surface area contributed by atoms with Gasteiger partial charge in [-0.25, -0.2) is 0 Å². The van der Waals surface area contributed by atoms with Crippen LogP contribution in [0.1, 0.15) is 40.5 Å². The van der Waals surface area contributed by atoms with Gasteiger partial charge in [-0.3, -0.25) is 9.59 Å². The highest BCUT2D eigenvalue weighted by Crippen LogP contribution is 2.22. The van der Waals surface area contributed by atoms with Crippen molar-refractivity contribution in [1.82, 2.24) is 0 Å². The normalized spacial score (nSPS) is 15.8. The lowest BCUT2D eigenvalue weighted by molar-refractivity contribution is -0.125. The first kappa shape index (κ1) is 11.3. The summed E-state index contributed by atoms with van der Waals surface area (Å²) in [6, 6.07) is 0. The molecule has 2 heteroatoms. The molecule has 69 valence electrons. The van der Waals surface area contributed by atoms with Gasteiger partial charge in [0.25, 0.3) is 0 Å². The number of carbonyl (C=O) groups excluding carboxylic acids is 2. The molecule has 2 nitrogen and oxygen atoms in total. The Balaban J connectivity index is 4.32. The summed E-state index contributed by atoms with van der Waals surface area (Å²) in [5.74, 6) is 0.326. The predicted molar refractivity (Wildman–Crippen MR) is 48.6 cm³/mol. The molecule has 0 aliphatic rings. The fraction of sp³-hybridized carbons (Fsp3) is 0.800. The van der Waals surface area contributed by atoms with Crippen molar-refractivity contribution in [3.05, 3.63) is 0 Å². The van der Waals surface area contributed by atoms with Crippen LogP contribution in [0.3, 0.4) is 0 Å². The lowest BCUT2D eigenvalue weighted by Gasteiger charge is -2.19. The Morgan fingerprint density at radius 2 is 2.00 bits per heavy atom. The molecular formula is C10H17O2. The molecule has 0 saturated heterocycles. The third-order valence-electron chi connectivity index (χ3n) is 2.14. The zero-order chi connectivity index (χ0) is 9.78. The predicted octanol–water partition coefficient (Wildman–Crippen LogP) is 2.13. The molecule has 1 atom stereocenters. The summed E-state index contributed by atoms with van der Waals surface area (Å²) < 4.78 is 0. The van der Waals surface area contributed by atoms with Gasteiger partial charge in [-0.1, -0.05) is 20.8 Å². The molecule has 0 spiro atoms. The van der Waals surface area contributed by atoms with E-state index in [-0.39, 0.29) is 5.78 Å². The van der Waals surface area contributed by atoms with E-state index in [1.54, 1.807) is 6.92 Å². The van der Waals surface area contributed by atoms with Crippen molar-refractivity contribution in [2.24, 2.45) is 11.3 Å². The summed E-state index contributed by atoms with van der Waals surface area (Å²) in [7, 11) is 0. The van der Waals surface area contributed by atoms with E-state index >= 15 is 0 Å². The zero-order valence-electron chi connectivity index (χ0n) is 8.31. The maximum atomic E-state index is 11.5. The maximum absolute atomic E-state index is 11.5. The molecule has 0 fully saturated rings. The lowest BCUT2D eigenvalue weighted by Crippen LogP contribution is -2.29. The van der Waals surface area contributed by atoms with E-state index in [2.05, 4.69) is 0 Å².